The number of ether oxygens (including phenoxy) is 2. The van der Waals surface area contributed by atoms with Crippen LogP contribution in [0.15, 0.2) is 53.6 Å². The summed E-state index contributed by atoms with van der Waals surface area (Å²) in [7, 11) is -3.86. The predicted molar refractivity (Wildman–Crippen MR) is 149 cm³/mol. The van der Waals surface area contributed by atoms with Gasteiger partial charge in [0, 0.05) is 13.1 Å². The first-order chi connectivity index (χ1) is 18.7. The van der Waals surface area contributed by atoms with Gasteiger partial charge < -0.3 is 14.6 Å². The minimum atomic E-state index is -3.86. The highest BCUT2D eigenvalue weighted by Gasteiger charge is 2.41. The lowest BCUT2D eigenvalue weighted by Gasteiger charge is -2.32. The molecule has 1 atom stereocenters. The summed E-state index contributed by atoms with van der Waals surface area (Å²) in [6.45, 7) is 11.9. The number of para-hydroxylation sites is 1. The van der Waals surface area contributed by atoms with E-state index in [1.165, 1.54) is 4.31 Å². The summed E-state index contributed by atoms with van der Waals surface area (Å²) >= 11 is 0. The summed E-state index contributed by atoms with van der Waals surface area (Å²) < 4.78 is 42.9. The van der Waals surface area contributed by atoms with E-state index in [1.54, 1.807) is 49.0 Å². The van der Waals surface area contributed by atoms with Gasteiger partial charge in [-0.25, -0.2) is 8.42 Å². The van der Waals surface area contributed by atoms with E-state index in [4.69, 9.17) is 9.47 Å². The van der Waals surface area contributed by atoms with Gasteiger partial charge in [-0.05, 0) is 69.9 Å². The molecule has 40 heavy (non-hydrogen) atoms. The molecule has 10 nitrogen and oxygen atoms in total. The van der Waals surface area contributed by atoms with Crippen LogP contribution in [0.2, 0.25) is 0 Å². The van der Waals surface area contributed by atoms with Crippen molar-refractivity contribution < 1.29 is 27.8 Å². The Labute approximate surface area is 236 Å². The van der Waals surface area contributed by atoms with E-state index in [9.17, 15) is 18.3 Å². The van der Waals surface area contributed by atoms with Crippen molar-refractivity contribution in [2.24, 2.45) is 5.41 Å². The molecule has 4 rings (SSSR count). The zero-order valence-corrected chi connectivity index (χ0v) is 24.7. The fraction of sp³-hybridized carbons (Fsp3) is 0.483. The third-order valence-electron chi connectivity index (χ3n) is 7.08. The van der Waals surface area contributed by atoms with Crippen LogP contribution in [0.4, 0.5) is 0 Å². The molecule has 216 valence electrons. The molecule has 0 amide bonds. The van der Waals surface area contributed by atoms with Crippen molar-refractivity contribution in [1.29, 1.82) is 0 Å². The third-order valence-corrected chi connectivity index (χ3v) is 8.91. The normalized spacial score (nSPS) is 17.4. The number of carboxylic acid groups (broad SMARTS) is 1. The maximum Gasteiger partial charge on any atom is 0.312 e. The lowest BCUT2D eigenvalue weighted by molar-refractivity contribution is -0.158. The fourth-order valence-electron chi connectivity index (χ4n) is 4.83. The number of hydrogen-bond acceptors (Lipinski definition) is 7. The van der Waals surface area contributed by atoms with Gasteiger partial charge >= 0.3 is 5.97 Å². The lowest BCUT2D eigenvalue weighted by atomic mass is 9.81. The molecule has 1 aromatic heterocycles. The van der Waals surface area contributed by atoms with Crippen LogP contribution in [0.3, 0.4) is 0 Å². The molecule has 1 aliphatic rings. The van der Waals surface area contributed by atoms with Crippen LogP contribution in [-0.4, -0.2) is 50.9 Å². The average Bonchev–Trinajstić information content (AvgIpc) is 3.29. The largest absolute Gasteiger partial charge is 0.485 e. The standard InChI is InChI=1S/C29H38N4O6S/c1-7-14-32-17-23(30-31-32)18-38-26(29(5,6)27(34)35)21-13-12-20(2)22(15-21)16-33-19-28(3,4)39-24-10-8-9-11-25(24)40(33,36)37/h8-13,15,17,26H,7,14,16,18-19H2,1-6H3,(H,34,35). The Kier molecular flexibility index (Phi) is 8.39. The molecule has 0 aliphatic carbocycles. The van der Waals surface area contributed by atoms with Gasteiger partial charge in [-0.2, -0.15) is 4.31 Å². The Morgan fingerprint density at radius 3 is 2.65 bits per heavy atom. The number of aromatic nitrogens is 3. The molecule has 0 saturated carbocycles. The summed E-state index contributed by atoms with van der Waals surface area (Å²) in [5.74, 6) is -0.687. The number of fused-ring (bicyclic) bond motifs is 1. The van der Waals surface area contributed by atoms with Gasteiger partial charge in [0.15, 0.2) is 0 Å². The SMILES string of the molecule is CCCn1cc(COC(c2ccc(C)c(CN3CC(C)(C)Oc4ccccc4S3(=O)=O)c2)C(C)(C)C(=O)O)nn1. The smallest absolute Gasteiger partial charge is 0.312 e. The van der Waals surface area contributed by atoms with Crippen LogP contribution < -0.4 is 4.74 Å². The Bertz CT molecular complexity index is 1480. The van der Waals surface area contributed by atoms with Crippen LogP contribution in [0, 0.1) is 12.3 Å². The molecule has 2 heterocycles. The van der Waals surface area contributed by atoms with E-state index in [-0.39, 0.29) is 24.6 Å². The predicted octanol–water partition coefficient (Wildman–Crippen LogP) is 4.73. The molecule has 2 aromatic carbocycles. The molecule has 1 N–H and O–H groups in total. The highest BCUT2D eigenvalue weighted by atomic mass is 32.2. The van der Waals surface area contributed by atoms with Crippen LogP contribution in [-0.2, 0) is 39.3 Å². The molecule has 1 aliphatic heterocycles. The van der Waals surface area contributed by atoms with Gasteiger partial charge in [-0.15, -0.1) is 5.10 Å². The Morgan fingerprint density at radius 1 is 1.23 bits per heavy atom. The van der Waals surface area contributed by atoms with Gasteiger partial charge in [0.2, 0.25) is 10.0 Å². The zero-order chi connectivity index (χ0) is 29.3. The molecule has 0 bridgehead atoms. The Balaban J connectivity index is 1.68. The maximum atomic E-state index is 13.7. The van der Waals surface area contributed by atoms with Crippen molar-refractivity contribution >= 4 is 16.0 Å². The first kappa shape index (κ1) is 29.7. The molecule has 11 heteroatoms. The molecule has 0 fully saturated rings. The van der Waals surface area contributed by atoms with Crippen molar-refractivity contribution in [1.82, 2.24) is 19.3 Å². The highest BCUT2D eigenvalue weighted by Crippen LogP contribution is 2.39. The third kappa shape index (κ3) is 6.21. The van der Waals surface area contributed by atoms with Crippen molar-refractivity contribution in [3.63, 3.8) is 0 Å². The molecule has 1 unspecified atom stereocenters. The lowest BCUT2D eigenvalue weighted by Crippen LogP contribution is -2.42. The van der Waals surface area contributed by atoms with Crippen LogP contribution in [0.1, 0.15) is 69.5 Å². The van der Waals surface area contributed by atoms with E-state index < -0.39 is 33.1 Å². The van der Waals surface area contributed by atoms with Gasteiger partial charge in [-0.3, -0.25) is 9.48 Å². The van der Waals surface area contributed by atoms with Gasteiger partial charge in [0.1, 0.15) is 21.9 Å². The maximum absolute atomic E-state index is 13.7. The second kappa shape index (κ2) is 11.3. The van der Waals surface area contributed by atoms with E-state index in [2.05, 4.69) is 10.3 Å². The monoisotopic (exact) mass is 570 g/mol. The van der Waals surface area contributed by atoms with Crippen molar-refractivity contribution in [3.05, 3.63) is 71.0 Å². The molecule has 0 saturated heterocycles. The summed E-state index contributed by atoms with van der Waals surface area (Å²) in [5, 5.41) is 18.3. The molecule has 0 spiro atoms. The summed E-state index contributed by atoms with van der Waals surface area (Å²) in [6, 6.07) is 12.2. The summed E-state index contributed by atoms with van der Waals surface area (Å²) in [4.78, 5) is 12.4. The topological polar surface area (TPSA) is 124 Å². The molecule has 0 radical (unpaired) electrons. The van der Waals surface area contributed by atoms with Crippen molar-refractivity contribution in [3.8, 4) is 5.75 Å². The second-order valence-electron chi connectivity index (χ2n) is 11.5. The number of sulfonamides is 1. The molecule has 3 aromatic rings. The zero-order valence-electron chi connectivity index (χ0n) is 23.9. The number of benzene rings is 2. The van der Waals surface area contributed by atoms with E-state index >= 15 is 0 Å². The highest BCUT2D eigenvalue weighted by molar-refractivity contribution is 7.89. The number of rotatable bonds is 10. The number of aliphatic carboxylic acids is 1. The van der Waals surface area contributed by atoms with E-state index in [1.807, 2.05) is 45.9 Å². The second-order valence-corrected chi connectivity index (χ2v) is 13.4. The first-order valence-corrected chi connectivity index (χ1v) is 14.8. The molecular formula is C29H38N4O6S. The Hall–Kier alpha value is -3.28. The van der Waals surface area contributed by atoms with Gasteiger partial charge in [-0.1, -0.05) is 42.5 Å². The van der Waals surface area contributed by atoms with Crippen LogP contribution in [0.5, 0.6) is 5.75 Å². The van der Waals surface area contributed by atoms with E-state index in [0.717, 1.165) is 24.1 Å². The van der Waals surface area contributed by atoms with Crippen LogP contribution in [0.25, 0.3) is 0 Å². The average molecular weight is 571 g/mol. The van der Waals surface area contributed by atoms with Gasteiger partial charge in [0.25, 0.3) is 0 Å². The van der Waals surface area contributed by atoms with Crippen molar-refractivity contribution in [2.75, 3.05) is 6.54 Å². The first-order valence-electron chi connectivity index (χ1n) is 13.4. The number of aryl methyl sites for hydroxylation is 2. The Morgan fingerprint density at radius 2 is 1.95 bits per heavy atom. The van der Waals surface area contributed by atoms with Crippen LogP contribution >= 0.6 is 0 Å². The number of nitrogens with zero attached hydrogens (tertiary/aromatic N) is 4. The summed E-state index contributed by atoms with van der Waals surface area (Å²) in [5.41, 5.74) is 0.817. The summed E-state index contributed by atoms with van der Waals surface area (Å²) in [6.07, 6.45) is 1.87. The minimum absolute atomic E-state index is 0.0805. The number of carboxylic acids is 1. The minimum Gasteiger partial charge on any atom is -0.485 e. The molecular weight excluding hydrogens is 532 g/mol. The fourth-order valence-corrected chi connectivity index (χ4v) is 6.51. The number of hydrogen-bond donors (Lipinski definition) is 1. The van der Waals surface area contributed by atoms with Gasteiger partial charge in [0.05, 0.1) is 30.9 Å². The van der Waals surface area contributed by atoms with Crippen molar-refractivity contribution in [2.45, 2.75) is 84.3 Å². The van der Waals surface area contributed by atoms with E-state index in [0.29, 0.717) is 17.0 Å². The quantitative estimate of drug-likeness (QED) is 0.371. The number of carbonyl (C=O) groups is 1.